The van der Waals surface area contributed by atoms with Gasteiger partial charge in [0.1, 0.15) is 6.54 Å². The first-order valence-corrected chi connectivity index (χ1v) is 7.88. The molecule has 2 aromatic rings. The van der Waals surface area contributed by atoms with Crippen LogP contribution in [0.4, 0.5) is 0 Å². The highest BCUT2D eigenvalue weighted by molar-refractivity contribution is 8.01. The molecule has 0 unspecified atom stereocenters. The zero-order valence-electron chi connectivity index (χ0n) is 10.9. The first-order chi connectivity index (χ1) is 9.60. The van der Waals surface area contributed by atoms with E-state index in [0.717, 1.165) is 14.6 Å². The number of rotatable bonds is 6. The van der Waals surface area contributed by atoms with Crippen LogP contribution in [0.5, 0.6) is 0 Å². The number of hydrogen-bond donors (Lipinski definition) is 1. The molecule has 0 saturated heterocycles. The number of aliphatic carboxylic acids is 1. The molecule has 1 amide bonds. The lowest BCUT2D eigenvalue weighted by Gasteiger charge is -2.17. The molecule has 0 spiro atoms. The van der Waals surface area contributed by atoms with Crippen LogP contribution in [0.25, 0.3) is 10.2 Å². The predicted octanol–water partition coefficient (Wildman–Crippen LogP) is 2.32. The average molecular weight is 310 g/mol. The van der Waals surface area contributed by atoms with Gasteiger partial charge in [0, 0.05) is 6.54 Å². The van der Waals surface area contributed by atoms with Crippen LogP contribution in [-0.2, 0) is 9.59 Å². The van der Waals surface area contributed by atoms with E-state index in [4.69, 9.17) is 5.11 Å². The summed E-state index contributed by atoms with van der Waals surface area (Å²) in [6, 6.07) is 7.79. The average Bonchev–Trinajstić information content (AvgIpc) is 2.84. The van der Waals surface area contributed by atoms with E-state index in [2.05, 4.69) is 4.98 Å². The lowest BCUT2D eigenvalue weighted by molar-refractivity contribution is -0.143. The summed E-state index contributed by atoms with van der Waals surface area (Å²) in [4.78, 5) is 28.3. The van der Waals surface area contributed by atoms with E-state index in [1.165, 1.54) is 28.0 Å². The molecule has 0 fully saturated rings. The molecule has 1 N–H and O–H groups in total. The molecule has 2 rings (SSSR count). The van der Waals surface area contributed by atoms with Gasteiger partial charge in [-0.25, -0.2) is 4.98 Å². The predicted molar refractivity (Wildman–Crippen MR) is 80.2 cm³/mol. The van der Waals surface area contributed by atoms with Gasteiger partial charge < -0.3 is 10.0 Å². The Balaban J connectivity index is 1.96. The van der Waals surface area contributed by atoms with Gasteiger partial charge in [-0.2, -0.15) is 0 Å². The minimum atomic E-state index is -0.995. The number of thioether (sulfide) groups is 1. The summed E-state index contributed by atoms with van der Waals surface area (Å²) in [5, 5.41) is 8.73. The van der Waals surface area contributed by atoms with Crippen molar-refractivity contribution in [3.8, 4) is 0 Å². The van der Waals surface area contributed by atoms with Crippen LogP contribution in [0.3, 0.4) is 0 Å². The number of carbonyl (C=O) groups is 2. The Morgan fingerprint density at radius 3 is 2.80 bits per heavy atom. The molecule has 0 aliphatic carbocycles. The molecule has 0 saturated carbocycles. The van der Waals surface area contributed by atoms with Crippen molar-refractivity contribution in [3.05, 3.63) is 24.3 Å². The van der Waals surface area contributed by atoms with Crippen molar-refractivity contribution in [2.75, 3.05) is 18.8 Å². The highest BCUT2D eigenvalue weighted by atomic mass is 32.2. The van der Waals surface area contributed by atoms with Crippen LogP contribution in [0.2, 0.25) is 0 Å². The van der Waals surface area contributed by atoms with Gasteiger partial charge in [-0.15, -0.1) is 11.3 Å². The van der Waals surface area contributed by atoms with Gasteiger partial charge in [-0.3, -0.25) is 9.59 Å². The smallest absolute Gasteiger partial charge is 0.323 e. The Morgan fingerprint density at radius 1 is 1.40 bits per heavy atom. The van der Waals surface area contributed by atoms with Gasteiger partial charge in [-0.05, 0) is 19.1 Å². The Bertz CT molecular complexity index is 594. The van der Waals surface area contributed by atoms with E-state index in [1.807, 2.05) is 24.3 Å². The third kappa shape index (κ3) is 3.71. The van der Waals surface area contributed by atoms with E-state index in [9.17, 15) is 9.59 Å². The second-order valence-electron chi connectivity index (χ2n) is 4.04. The normalized spacial score (nSPS) is 10.7. The van der Waals surface area contributed by atoms with Crippen LogP contribution >= 0.6 is 23.1 Å². The van der Waals surface area contributed by atoms with Gasteiger partial charge in [0.05, 0.1) is 16.0 Å². The maximum absolute atomic E-state index is 11.9. The highest BCUT2D eigenvalue weighted by Gasteiger charge is 2.16. The number of amides is 1. The first kappa shape index (κ1) is 14.8. The Morgan fingerprint density at radius 2 is 2.15 bits per heavy atom. The van der Waals surface area contributed by atoms with Gasteiger partial charge in [0.15, 0.2) is 4.34 Å². The molecule has 7 heteroatoms. The number of carboxylic acid groups (broad SMARTS) is 1. The summed E-state index contributed by atoms with van der Waals surface area (Å²) in [7, 11) is 0. The Hall–Kier alpha value is -1.60. The number of para-hydroxylation sites is 1. The monoisotopic (exact) mass is 310 g/mol. The molecule has 106 valence electrons. The number of fused-ring (bicyclic) bond motifs is 1. The summed E-state index contributed by atoms with van der Waals surface area (Å²) in [5.74, 6) is -0.967. The molecule has 1 aromatic heterocycles. The van der Waals surface area contributed by atoms with Crippen LogP contribution in [-0.4, -0.2) is 45.7 Å². The van der Waals surface area contributed by atoms with Crippen LogP contribution < -0.4 is 0 Å². The fourth-order valence-electron chi connectivity index (χ4n) is 1.67. The van der Waals surface area contributed by atoms with Crippen molar-refractivity contribution in [2.24, 2.45) is 0 Å². The minimum absolute atomic E-state index is 0.181. The van der Waals surface area contributed by atoms with Gasteiger partial charge in [0.2, 0.25) is 5.91 Å². The standard InChI is InChI=1S/C13H14N2O3S2/c1-2-15(7-12(17)18)11(16)8-19-13-14-9-5-3-4-6-10(9)20-13/h3-6H,2,7-8H2,1H3,(H,17,18). The van der Waals surface area contributed by atoms with Crippen LogP contribution in [0.15, 0.2) is 28.6 Å². The lowest BCUT2D eigenvalue weighted by Crippen LogP contribution is -2.36. The van der Waals surface area contributed by atoms with Crippen molar-refractivity contribution >= 4 is 45.2 Å². The third-order valence-corrected chi connectivity index (χ3v) is 4.82. The fourth-order valence-corrected chi connectivity index (χ4v) is 3.64. The van der Waals surface area contributed by atoms with E-state index in [0.29, 0.717) is 6.54 Å². The largest absolute Gasteiger partial charge is 0.480 e. The van der Waals surface area contributed by atoms with E-state index in [1.54, 1.807) is 6.92 Å². The summed E-state index contributed by atoms with van der Waals surface area (Å²) < 4.78 is 1.91. The van der Waals surface area contributed by atoms with E-state index in [-0.39, 0.29) is 18.2 Å². The number of nitrogens with zero attached hydrogens (tertiary/aromatic N) is 2. The Labute approximate surface area is 124 Å². The van der Waals surface area contributed by atoms with Crippen LogP contribution in [0.1, 0.15) is 6.92 Å². The summed E-state index contributed by atoms with van der Waals surface area (Å²) in [6.07, 6.45) is 0. The van der Waals surface area contributed by atoms with Crippen LogP contribution in [0, 0.1) is 0 Å². The minimum Gasteiger partial charge on any atom is -0.480 e. The van der Waals surface area contributed by atoms with E-state index >= 15 is 0 Å². The molecule has 0 atom stereocenters. The highest BCUT2D eigenvalue weighted by Crippen LogP contribution is 2.29. The summed E-state index contributed by atoms with van der Waals surface area (Å²) in [6.45, 7) is 1.91. The molecule has 0 aliphatic heterocycles. The zero-order valence-corrected chi connectivity index (χ0v) is 12.5. The van der Waals surface area contributed by atoms with Crippen molar-refractivity contribution in [1.29, 1.82) is 0 Å². The van der Waals surface area contributed by atoms with Gasteiger partial charge in [-0.1, -0.05) is 23.9 Å². The van der Waals surface area contributed by atoms with Crippen molar-refractivity contribution in [1.82, 2.24) is 9.88 Å². The molecule has 0 radical (unpaired) electrons. The fraction of sp³-hybridized carbons (Fsp3) is 0.308. The number of hydrogen-bond acceptors (Lipinski definition) is 5. The molecule has 0 aliphatic rings. The molecule has 20 heavy (non-hydrogen) atoms. The summed E-state index contributed by atoms with van der Waals surface area (Å²) in [5.41, 5.74) is 0.922. The molecular formula is C13H14N2O3S2. The van der Waals surface area contributed by atoms with Crippen molar-refractivity contribution < 1.29 is 14.7 Å². The number of carbonyl (C=O) groups excluding carboxylic acids is 1. The second-order valence-corrected chi connectivity index (χ2v) is 6.29. The number of carboxylic acids is 1. The first-order valence-electron chi connectivity index (χ1n) is 6.08. The number of likely N-dealkylation sites (N-methyl/N-ethyl adjacent to an activating group) is 1. The maximum atomic E-state index is 11.9. The molecule has 1 heterocycles. The molecule has 1 aromatic carbocycles. The van der Waals surface area contributed by atoms with E-state index < -0.39 is 5.97 Å². The Kier molecular flexibility index (Phi) is 4.97. The van der Waals surface area contributed by atoms with Gasteiger partial charge in [0.25, 0.3) is 0 Å². The molecule has 5 nitrogen and oxygen atoms in total. The quantitative estimate of drug-likeness (QED) is 0.829. The zero-order chi connectivity index (χ0) is 14.5. The SMILES string of the molecule is CCN(CC(=O)O)C(=O)CSc1nc2ccccc2s1. The second kappa shape index (κ2) is 6.71. The van der Waals surface area contributed by atoms with Crippen molar-refractivity contribution in [3.63, 3.8) is 0 Å². The van der Waals surface area contributed by atoms with Crippen molar-refractivity contribution in [2.45, 2.75) is 11.3 Å². The maximum Gasteiger partial charge on any atom is 0.323 e. The number of benzene rings is 1. The van der Waals surface area contributed by atoms with Gasteiger partial charge >= 0.3 is 5.97 Å². The summed E-state index contributed by atoms with van der Waals surface area (Å²) >= 11 is 2.89. The number of aromatic nitrogens is 1. The number of thiazole rings is 1. The topological polar surface area (TPSA) is 70.5 Å². The molecule has 0 bridgehead atoms. The molecular weight excluding hydrogens is 296 g/mol. The lowest BCUT2D eigenvalue weighted by atomic mass is 10.3. The third-order valence-electron chi connectivity index (χ3n) is 2.65.